The van der Waals surface area contributed by atoms with E-state index in [1.165, 1.54) is 28.5 Å². The van der Waals surface area contributed by atoms with Crippen molar-refractivity contribution in [3.8, 4) is 0 Å². The van der Waals surface area contributed by atoms with Gasteiger partial charge in [-0.1, -0.05) is 43.2 Å². The van der Waals surface area contributed by atoms with Crippen LogP contribution in [-0.4, -0.2) is 16.5 Å². The van der Waals surface area contributed by atoms with Gasteiger partial charge in [-0.3, -0.25) is 0 Å². The molecule has 0 aromatic heterocycles. The Morgan fingerprint density at radius 2 is 1.72 bits per heavy atom. The summed E-state index contributed by atoms with van der Waals surface area (Å²) in [6.07, 6.45) is 4.40. The fourth-order valence-corrected chi connectivity index (χ4v) is 3.90. The summed E-state index contributed by atoms with van der Waals surface area (Å²) < 4.78 is 0. The minimum absolute atomic E-state index is 0.129. The van der Waals surface area contributed by atoms with Gasteiger partial charge in [-0.25, -0.2) is 0 Å². The summed E-state index contributed by atoms with van der Waals surface area (Å²) in [5.41, 5.74) is 0. The van der Waals surface area contributed by atoms with Crippen LogP contribution in [0.4, 0.5) is 0 Å². The fourth-order valence-electron chi connectivity index (χ4n) is 2.63. The van der Waals surface area contributed by atoms with Crippen LogP contribution in [0.5, 0.6) is 0 Å². The molecule has 18 heavy (non-hydrogen) atoms. The number of aliphatic hydroxyl groups is 1. The molecule has 1 aliphatic rings. The van der Waals surface area contributed by atoms with E-state index in [9.17, 15) is 5.11 Å². The summed E-state index contributed by atoms with van der Waals surface area (Å²) in [6.45, 7) is 0. The van der Waals surface area contributed by atoms with E-state index in [1.54, 1.807) is 0 Å². The summed E-state index contributed by atoms with van der Waals surface area (Å²) in [5.74, 6) is 0. The Kier molecular flexibility index (Phi) is 3.57. The lowest BCUT2D eigenvalue weighted by molar-refractivity contribution is 0.137. The van der Waals surface area contributed by atoms with Gasteiger partial charge in [-0.15, -0.1) is 11.8 Å². The van der Waals surface area contributed by atoms with Gasteiger partial charge in [0.05, 0.1) is 6.10 Å². The lowest BCUT2D eigenvalue weighted by Gasteiger charge is -2.27. The number of fused-ring (bicyclic) bond motifs is 1. The van der Waals surface area contributed by atoms with Crippen LogP contribution in [0.25, 0.3) is 10.8 Å². The van der Waals surface area contributed by atoms with E-state index in [1.807, 2.05) is 11.8 Å². The molecule has 94 valence electrons. The number of hydrogen-bond donors (Lipinski definition) is 1. The molecular weight excluding hydrogens is 240 g/mol. The summed E-state index contributed by atoms with van der Waals surface area (Å²) in [5, 5.41) is 13.0. The molecule has 2 aromatic carbocycles. The van der Waals surface area contributed by atoms with E-state index < -0.39 is 0 Å². The van der Waals surface area contributed by atoms with Gasteiger partial charge in [-0.2, -0.15) is 0 Å². The number of rotatable bonds is 2. The molecule has 0 aliphatic heterocycles. The van der Waals surface area contributed by atoms with E-state index in [0.717, 1.165) is 12.8 Å². The van der Waals surface area contributed by atoms with Crippen LogP contribution < -0.4 is 0 Å². The average molecular weight is 258 g/mol. The largest absolute Gasteiger partial charge is 0.392 e. The Morgan fingerprint density at radius 3 is 2.56 bits per heavy atom. The molecule has 2 atom stereocenters. The molecule has 0 unspecified atom stereocenters. The highest BCUT2D eigenvalue weighted by atomic mass is 32.2. The average Bonchev–Trinajstić information content (AvgIpc) is 2.41. The zero-order valence-electron chi connectivity index (χ0n) is 10.4. The van der Waals surface area contributed by atoms with Gasteiger partial charge in [0.25, 0.3) is 0 Å². The van der Waals surface area contributed by atoms with Crippen molar-refractivity contribution >= 4 is 22.5 Å². The van der Waals surface area contributed by atoms with Gasteiger partial charge in [0.15, 0.2) is 0 Å². The third-order valence-corrected chi connectivity index (χ3v) is 5.05. The van der Waals surface area contributed by atoms with Crippen LogP contribution in [-0.2, 0) is 0 Å². The van der Waals surface area contributed by atoms with Crippen molar-refractivity contribution in [2.24, 2.45) is 0 Å². The van der Waals surface area contributed by atoms with Crippen molar-refractivity contribution in [2.75, 3.05) is 0 Å². The number of thioether (sulfide) groups is 1. The lowest BCUT2D eigenvalue weighted by atomic mass is 9.97. The molecule has 1 N–H and O–H groups in total. The summed E-state index contributed by atoms with van der Waals surface area (Å²) in [7, 11) is 0. The predicted octanol–water partition coefficient (Wildman–Crippen LogP) is 4.24. The zero-order chi connectivity index (χ0) is 12.4. The first-order chi connectivity index (χ1) is 8.83. The Bertz CT molecular complexity index is 537. The van der Waals surface area contributed by atoms with Crippen molar-refractivity contribution in [3.63, 3.8) is 0 Å². The molecule has 0 heterocycles. The fraction of sp³-hybridized carbons (Fsp3) is 0.375. The van der Waals surface area contributed by atoms with Gasteiger partial charge in [0.2, 0.25) is 0 Å². The van der Waals surface area contributed by atoms with Gasteiger partial charge in [0.1, 0.15) is 0 Å². The second kappa shape index (κ2) is 5.33. The van der Waals surface area contributed by atoms with Crippen molar-refractivity contribution in [1.82, 2.24) is 0 Å². The molecule has 2 heteroatoms. The Labute approximate surface area is 112 Å². The van der Waals surface area contributed by atoms with E-state index in [2.05, 4.69) is 42.5 Å². The molecule has 2 aromatic rings. The normalized spacial score (nSPS) is 24.3. The van der Waals surface area contributed by atoms with Gasteiger partial charge in [0, 0.05) is 10.1 Å². The van der Waals surface area contributed by atoms with E-state index in [-0.39, 0.29) is 6.10 Å². The van der Waals surface area contributed by atoms with Crippen molar-refractivity contribution < 1.29 is 5.11 Å². The van der Waals surface area contributed by atoms with Crippen LogP contribution in [0.3, 0.4) is 0 Å². The third-order valence-electron chi connectivity index (χ3n) is 3.68. The topological polar surface area (TPSA) is 20.2 Å². The highest BCUT2D eigenvalue weighted by Gasteiger charge is 2.23. The van der Waals surface area contributed by atoms with E-state index in [4.69, 9.17) is 0 Å². The predicted molar refractivity (Wildman–Crippen MR) is 78.1 cm³/mol. The zero-order valence-corrected chi connectivity index (χ0v) is 11.2. The second-order valence-electron chi connectivity index (χ2n) is 5.02. The molecule has 3 rings (SSSR count). The number of hydrogen-bond acceptors (Lipinski definition) is 2. The maximum absolute atomic E-state index is 10.0. The smallest absolute Gasteiger partial charge is 0.0662 e. The lowest BCUT2D eigenvalue weighted by Crippen LogP contribution is -2.26. The maximum Gasteiger partial charge on any atom is 0.0662 e. The second-order valence-corrected chi connectivity index (χ2v) is 6.33. The minimum atomic E-state index is -0.129. The highest BCUT2D eigenvalue weighted by molar-refractivity contribution is 8.00. The number of benzene rings is 2. The first-order valence-electron chi connectivity index (χ1n) is 6.66. The highest BCUT2D eigenvalue weighted by Crippen LogP contribution is 2.35. The van der Waals surface area contributed by atoms with Gasteiger partial charge in [-0.05, 0) is 35.7 Å². The number of aliphatic hydroxyl groups excluding tert-OH is 1. The van der Waals surface area contributed by atoms with Crippen LogP contribution in [0.15, 0.2) is 47.4 Å². The molecule has 0 saturated heterocycles. The Balaban J connectivity index is 1.81. The molecule has 1 fully saturated rings. The Hall–Kier alpha value is -0.990. The SMILES string of the molecule is O[C@H]1CCCC[C@@H]1Sc1ccc2ccccc2c1. The van der Waals surface area contributed by atoms with Crippen LogP contribution >= 0.6 is 11.8 Å². The molecule has 1 saturated carbocycles. The molecule has 0 amide bonds. The minimum Gasteiger partial charge on any atom is -0.392 e. The summed E-state index contributed by atoms with van der Waals surface area (Å²) in [4.78, 5) is 1.28. The maximum atomic E-state index is 10.0. The van der Waals surface area contributed by atoms with Crippen LogP contribution in [0, 0.1) is 0 Å². The third kappa shape index (κ3) is 2.55. The van der Waals surface area contributed by atoms with Gasteiger partial charge < -0.3 is 5.11 Å². The van der Waals surface area contributed by atoms with Crippen LogP contribution in [0.1, 0.15) is 25.7 Å². The summed E-state index contributed by atoms with van der Waals surface area (Å²) in [6, 6.07) is 15.0. The first kappa shape index (κ1) is 12.1. The first-order valence-corrected chi connectivity index (χ1v) is 7.54. The molecule has 0 bridgehead atoms. The van der Waals surface area contributed by atoms with Crippen LogP contribution in [0.2, 0.25) is 0 Å². The molecule has 0 spiro atoms. The molecule has 0 radical (unpaired) electrons. The monoisotopic (exact) mass is 258 g/mol. The Morgan fingerprint density at radius 1 is 0.944 bits per heavy atom. The standard InChI is InChI=1S/C16H18OS/c17-15-7-3-4-8-16(15)18-14-10-9-12-5-1-2-6-13(12)11-14/h1-2,5-6,9-11,15-17H,3-4,7-8H2/t15-,16-/m0/s1. The van der Waals surface area contributed by atoms with Gasteiger partial charge >= 0.3 is 0 Å². The molecular formula is C16H18OS. The molecule has 1 aliphatic carbocycles. The molecule has 1 nitrogen and oxygen atoms in total. The van der Waals surface area contributed by atoms with Crippen molar-refractivity contribution in [1.29, 1.82) is 0 Å². The van der Waals surface area contributed by atoms with E-state index in [0.29, 0.717) is 5.25 Å². The van der Waals surface area contributed by atoms with Crippen molar-refractivity contribution in [2.45, 2.75) is 41.9 Å². The van der Waals surface area contributed by atoms with E-state index >= 15 is 0 Å². The quantitative estimate of drug-likeness (QED) is 0.869. The summed E-state index contributed by atoms with van der Waals surface area (Å²) >= 11 is 1.84. The van der Waals surface area contributed by atoms with Crippen molar-refractivity contribution in [3.05, 3.63) is 42.5 Å².